The molecule has 0 atom stereocenters. The zero-order chi connectivity index (χ0) is 15.7. The SMILES string of the molecule is Cc1nc(=O)n(Cc2cc([N+](=O)[O-])ccc2N)c(C)c1Br. The van der Waals surface area contributed by atoms with E-state index in [1.54, 1.807) is 13.8 Å². The first-order chi connectivity index (χ1) is 9.81. The van der Waals surface area contributed by atoms with E-state index in [4.69, 9.17) is 5.73 Å². The number of hydrogen-bond donors (Lipinski definition) is 1. The molecule has 0 unspecified atom stereocenters. The third-order valence-electron chi connectivity index (χ3n) is 3.20. The number of aryl methyl sites for hydroxylation is 1. The molecular formula is C13H13BrN4O3. The zero-order valence-corrected chi connectivity index (χ0v) is 13.0. The molecule has 0 saturated heterocycles. The molecule has 2 N–H and O–H groups in total. The standard InChI is InChI=1S/C13H13BrN4O3/c1-7-12(14)8(2)17(13(19)16-7)6-9-5-10(18(20)21)3-4-11(9)15/h3-5H,6,15H2,1-2H3. The summed E-state index contributed by atoms with van der Waals surface area (Å²) >= 11 is 3.37. The van der Waals surface area contributed by atoms with Gasteiger partial charge in [0, 0.05) is 29.1 Å². The first kappa shape index (κ1) is 15.2. The fourth-order valence-electron chi connectivity index (χ4n) is 1.98. The predicted molar refractivity (Wildman–Crippen MR) is 82.3 cm³/mol. The van der Waals surface area contributed by atoms with Crippen LogP contribution in [0.5, 0.6) is 0 Å². The van der Waals surface area contributed by atoms with E-state index in [0.717, 1.165) is 4.47 Å². The molecule has 0 radical (unpaired) electrons. The van der Waals surface area contributed by atoms with Gasteiger partial charge in [-0.15, -0.1) is 0 Å². The van der Waals surface area contributed by atoms with Gasteiger partial charge in [0.1, 0.15) is 0 Å². The lowest BCUT2D eigenvalue weighted by Gasteiger charge is -2.13. The van der Waals surface area contributed by atoms with E-state index in [9.17, 15) is 14.9 Å². The maximum absolute atomic E-state index is 12.0. The summed E-state index contributed by atoms with van der Waals surface area (Å²) in [6.45, 7) is 3.63. The average molecular weight is 353 g/mol. The Morgan fingerprint density at radius 1 is 1.43 bits per heavy atom. The van der Waals surface area contributed by atoms with Crippen molar-refractivity contribution < 1.29 is 4.92 Å². The summed E-state index contributed by atoms with van der Waals surface area (Å²) in [7, 11) is 0. The molecule has 2 aromatic rings. The van der Waals surface area contributed by atoms with Gasteiger partial charge in [-0.2, -0.15) is 4.98 Å². The average Bonchev–Trinajstić information content (AvgIpc) is 2.42. The number of hydrogen-bond acceptors (Lipinski definition) is 5. The molecule has 1 heterocycles. The Labute approximate surface area is 128 Å². The minimum atomic E-state index is -0.498. The van der Waals surface area contributed by atoms with Crippen molar-refractivity contribution in [3.63, 3.8) is 0 Å². The lowest BCUT2D eigenvalue weighted by Crippen LogP contribution is -2.27. The molecule has 0 fully saturated rings. The van der Waals surface area contributed by atoms with Crippen LogP contribution in [0.1, 0.15) is 17.0 Å². The molecule has 1 aromatic carbocycles. The highest BCUT2D eigenvalue weighted by molar-refractivity contribution is 9.10. The molecule has 1 aromatic heterocycles. The van der Waals surface area contributed by atoms with Crippen LogP contribution in [0.2, 0.25) is 0 Å². The third-order valence-corrected chi connectivity index (χ3v) is 4.35. The lowest BCUT2D eigenvalue weighted by molar-refractivity contribution is -0.384. The predicted octanol–water partition coefficient (Wildman–Crippen LogP) is 2.16. The van der Waals surface area contributed by atoms with Crippen molar-refractivity contribution >= 4 is 27.3 Å². The van der Waals surface area contributed by atoms with Crippen LogP contribution in [0.15, 0.2) is 27.5 Å². The van der Waals surface area contributed by atoms with Crippen LogP contribution in [0, 0.1) is 24.0 Å². The third kappa shape index (κ3) is 2.94. The van der Waals surface area contributed by atoms with Crippen molar-refractivity contribution in [2.75, 3.05) is 5.73 Å². The van der Waals surface area contributed by atoms with E-state index in [2.05, 4.69) is 20.9 Å². The highest BCUT2D eigenvalue weighted by Gasteiger charge is 2.13. The van der Waals surface area contributed by atoms with Gasteiger partial charge in [-0.3, -0.25) is 14.7 Å². The first-order valence-corrected chi connectivity index (χ1v) is 6.87. The van der Waals surface area contributed by atoms with Crippen LogP contribution in [-0.2, 0) is 6.54 Å². The second-order valence-electron chi connectivity index (χ2n) is 4.61. The number of non-ortho nitro benzene ring substituents is 1. The Morgan fingerprint density at radius 3 is 2.71 bits per heavy atom. The van der Waals surface area contributed by atoms with Gasteiger partial charge in [0.25, 0.3) is 5.69 Å². The number of aromatic nitrogens is 2. The van der Waals surface area contributed by atoms with E-state index in [1.807, 2.05) is 0 Å². The van der Waals surface area contributed by atoms with Crippen LogP contribution < -0.4 is 11.4 Å². The molecule has 8 heteroatoms. The van der Waals surface area contributed by atoms with Gasteiger partial charge in [-0.1, -0.05) is 0 Å². The molecule has 0 aliphatic heterocycles. The Kier molecular flexibility index (Phi) is 4.08. The van der Waals surface area contributed by atoms with E-state index < -0.39 is 10.6 Å². The molecule has 7 nitrogen and oxygen atoms in total. The maximum atomic E-state index is 12.0. The van der Waals surface area contributed by atoms with E-state index in [-0.39, 0.29) is 12.2 Å². The van der Waals surface area contributed by atoms with Crippen LogP contribution >= 0.6 is 15.9 Å². The summed E-state index contributed by atoms with van der Waals surface area (Å²) in [6.07, 6.45) is 0. The Bertz CT molecular complexity index is 786. The van der Waals surface area contributed by atoms with Gasteiger partial charge in [-0.05, 0) is 35.8 Å². The smallest absolute Gasteiger partial charge is 0.348 e. The van der Waals surface area contributed by atoms with Gasteiger partial charge in [0.2, 0.25) is 0 Å². The molecule has 0 amide bonds. The molecule has 0 bridgehead atoms. The van der Waals surface area contributed by atoms with E-state index in [0.29, 0.717) is 22.6 Å². The molecule has 0 spiro atoms. The minimum absolute atomic E-state index is 0.0657. The number of anilines is 1. The summed E-state index contributed by atoms with van der Waals surface area (Å²) in [5.74, 6) is 0. The highest BCUT2D eigenvalue weighted by Crippen LogP contribution is 2.22. The van der Waals surface area contributed by atoms with Crippen LogP contribution in [0.4, 0.5) is 11.4 Å². The maximum Gasteiger partial charge on any atom is 0.348 e. The molecule has 21 heavy (non-hydrogen) atoms. The minimum Gasteiger partial charge on any atom is -0.398 e. The molecule has 0 aliphatic carbocycles. The largest absolute Gasteiger partial charge is 0.398 e. The lowest BCUT2D eigenvalue weighted by atomic mass is 10.1. The monoisotopic (exact) mass is 352 g/mol. The van der Waals surface area contributed by atoms with Crippen molar-refractivity contribution in [2.45, 2.75) is 20.4 Å². The van der Waals surface area contributed by atoms with Gasteiger partial charge in [-0.25, -0.2) is 4.79 Å². The summed E-state index contributed by atoms with van der Waals surface area (Å²) in [5, 5.41) is 10.8. The number of nitrogen functional groups attached to an aromatic ring is 1. The Hall–Kier alpha value is -2.22. The fraction of sp³-hybridized carbons (Fsp3) is 0.231. The summed E-state index contributed by atoms with van der Waals surface area (Å²) in [6, 6.07) is 4.16. The normalized spacial score (nSPS) is 10.6. The second kappa shape index (κ2) is 5.65. The molecule has 0 aliphatic rings. The topological polar surface area (TPSA) is 104 Å². The van der Waals surface area contributed by atoms with Crippen molar-refractivity contribution in [1.29, 1.82) is 0 Å². The van der Waals surface area contributed by atoms with Gasteiger partial charge in [0.05, 0.1) is 21.6 Å². The number of rotatable bonds is 3. The molecular weight excluding hydrogens is 340 g/mol. The number of nitrogens with zero attached hydrogens (tertiary/aromatic N) is 3. The number of benzene rings is 1. The van der Waals surface area contributed by atoms with Gasteiger partial charge < -0.3 is 5.73 Å². The van der Waals surface area contributed by atoms with Gasteiger partial charge >= 0.3 is 5.69 Å². The summed E-state index contributed by atoms with van der Waals surface area (Å²) < 4.78 is 2.15. The van der Waals surface area contributed by atoms with Crippen LogP contribution in [0.3, 0.4) is 0 Å². The highest BCUT2D eigenvalue weighted by atomic mass is 79.9. The van der Waals surface area contributed by atoms with E-state index >= 15 is 0 Å². The second-order valence-corrected chi connectivity index (χ2v) is 5.40. The fourth-order valence-corrected chi connectivity index (χ4v) is 2.28. The van der Waals surface area contributed by atoms with Crippen LogP contribution in [-0.4, -0.2) is 14.5 Å². The van der Waals surface area contributed by atoms with Crippen molar-refractivity contribution in [2.24, 2.45) is 0 Å². The van der Waals surface area contributed by atoms with Gasteiger partial charge in [0.15, 0.2) is 0 Å². The Balaban J connectivity index is 2.53. The van der Waals surface area contributed by atoms with Crippen molar-refractivity contribution in [3.05, 3.63) is 60.2 Å². The number of nitro groups is 1. The summed E-state index contributed by atoms with van der Waals surface area (Å²) in [4.78, 5) is 26.2. The summed E-state index contributed by atoms with van der Waals surface area (Å²) in [5.41, 5.74) is 7.54. The number of nitrogens with two attached hydrogens (primary N) is 1. The number of halogens is 1. The van der Waals surface area contributed by atoms with E-state index in [1.165, 1.54) is 22.8 Å². The quantitative estimate of drug-likeness (QED) is 0.517. The van der Waals surface area contributed by atoms with Crippen LogP contribution in [0.25, 0.3) is 0 Å². The molecule has 2 rings (SSSR count). The Morgan fingerprint density at radius 2 is 2.10 bits per heavy atom. The van der Waals surface area contributed by atoms with Crippen molar-refractivity contribution in [3.8, 4) is 0 Å². The van der Waals surface area contributed by atoms with Crippen molar-refractivity contribution in [1.82, 2.24) is 9.55 Å². The molecule has 110 valence electrons. The first-order valence-electron chi connectivity index (χ1n) is 6.07. The number of nitro benzene ring substituents is 1. The molecule has 0 saturated carbocycles. The zero-order valence-electron chi connectivity index (χ0n) is 11.5.